The Morgan fingerprint density at radius 2 is 0.739 bits per heavy atom. The standard InChI is InChI=1S/C19H15O3.Sn/c1-4-10-16(11-5-1)20-19(21-17-12-6-2-7-13-17)22-18-14-8-3-9-15-18;/h1-15H;. The molecule has 0 aliphatic carbocycles. The molecule has 0 N–H and O–H groups in total. The van der Waals surface area contributed by atoms with Crippen molar-refractivity contribution >= 4 is 22.5 Å². The first-order valence-electron chi connectivity index (χ1n) is 7.21. The zero-order valence-corrected chi connectivity index (χ0v) is 15.2. The Balaban J connectivity index is 1.85. The molecule has 0 aliphatic heterocycles. The van der Waals surface area contributed by atoms with Crippen LogP contribution in [0.2, 0.25) is 0 Å². The SMILES string of the molecule is [Sn][C](Oc1ccccc1)(Oc1ccccc1)Oc1ccccc1. The fourth-order valence-electron chi connectivity index (χ4n) is 1.99. The second kappa shape index (κ2) is 7.42. The summed E-state index contributed by atoms with van der Waals surface area (Å²) < 4.78 is 16.8. The predicted molar refractivity (Wildman–Crippen MR) is 89.7 cm³/mol. The van der Waals surface area contributed by atoms with Gasteiger partial charge in [-0.3, -0.25) is 0 Å². The van der Waals surface area contributed by atoms with E-state index in [0.717, 1.165) is 22.5 Å². The van der Waals surface area contributed by atoms with E-state index < -0.39 is 3.99 Å². The number of benzene rings is 3. The summed E-state index contributed by atoms with van der Waals surface area (Å²) in [5.74, 6) is 2.07. The van der Waals surface area contributed by atoms with Gasteiger partial charge in [-0.15, -0.1) is 0 Å². The third kappa shape index (κ3) is 4.66. The van der Waals surface area contributed by atoms with Crippen molar-refractivity contribution in [2.45, 2.75) is 3.99 Å². The zero-order valence-electron chi connectivity index (χ0n) is 12.4. The van der Waals surface area contributed by atoms with Crippen LogP contribution in [0.4, 0.5) is 0 Å². The van der Waals surface area contributed by atoms with Crippen LogP contribution in [0.3, 0.4) is 0 Å². The van der Waals surface area contributed by atoms with Gasteiger partial charge in [-0.1, -0.05) is 0 Å². The Labute approximate surface area is 148 Å². The number of ether oxygens (including phenoxy) is 3. The number of hydrogen-bond donors (Lipinski definition) is 0. The quantitative estimate of drug-likeness (QED) is 0.455. The number of rotatable bonds is 6. The van der Waals surface area contributed by atoms with E-state index in [2.05, 4.69) is 0 Å². The Morgan fingerprint density at radius 1 is 0.478 bits per heavy atom. The molecule has 0 fully saturated rings. The van der Waals surface area contributed by atoms with Crippen molar-refractivity contribution in [3.05, 3.63) is 91.0 Å². The second-order valence-corrected chi connectivity index (χ2v) is 6.55. The molecule has 0 spiro atoms. The fourth-order valence-corrected chi connectivity index (χ4v) is 3.00. The molecule has 3 radical (unpaired) electrons. The molecule has 0 atom stereocenters. The molecule has 0 saturated carbocycles. The summed E-state index contributed by atoms with van der Waals surface area (Å²) in [6, 6.07) is 28.6. The average molecular weight is 410 g/mol. The summed E-state index contributed by atoms with van der Waals surface area (Å²) in [6.45, 7) is 0. The van der Waals surface area contributed by atoms with Crippen LogP contribution in [-0.2, 0) is 0 Å². The second-order valence-electron chi connectivity index (χ2n) is 4.80. The van der Waals surface area contributed by atoms with Gasteiger partial charge in [0.1, 0.15) is 0 Å². The zero-order chi connectivity index (χ0) is 16.0. The van der Waals surface area contributed by atoms with Crippen molar-refractivity contribution in [1.82, 2.24) is 0 Å². The van der Waals surface area contributed by atoms with Crippen molar-refractivity contribution in [1.29, 1.82) is 0 Å². The normalized spacial score (nSPS) is 10.8. The first-order chi connectivity index (χ1) is 11.2. The van der Waals surface area contributed by atoms with Crippen molar-refractivity contribution in [2.75, 3.05) is 0 Å². The van der Waals surface area contributed by atoms with Crippen LogP contribution in [0.25, 0.3) is 0 Å². The molecular weight excluding hydrogens is 395 g/mol. The van der Waals surface area contributed by atoms with Gasteiger partial charge in [0.2, 0.25) is 0 Å². The van der Waals surface area contributed by atoms with Crippen LogP contribution in [0.15, 0.2) is 91.0 Å². The molecule has 0 unspecified atom stereocenters. The van der Waals surface area contributed by atoms with Crippen LogP contribution in [-0.4, -0.2) is 26.5 Å². The number of para-hydroxylation sites is 3. The summed E-state index contributed by atoms with van der Waals surface area (Å²) in [5, 5.41) is 0. The molecule has 0 saturated heterocycles. The predicted octanol–water partition coefficient (Wildman–Crippen LogP) is 4.00. The molecular formula is C19H15O3Sn. The van der Waals surface area contributed by atoms with Gasteiger partial charge in [0.25, 0.3) is 0 Å². The van der Waals surface area contributed by atoms with Crippen molar-refractivity contribution in [2.24, 2.45) is 0 Å². The average Bonchev–Trinajstić information content (AvgIpc) is 2.57. The third-order valence-corrected chi connectivity index (χ3v) is 3.86. The fraction of sp³-hybridized carbons (Fsp3) is 0.0526. The van der Waals surface area contributed by atoms with E-state index >= 15 is 0 Å². The first-order valence-corrected chi connectivity index (χ1v) is 8.63. The Bertz CT molecular complexity index is 616. The maximum atomic E-state index is 6.01. The van der Waals surface area contributed by atoms with E-state index in [9.17, 15) is 0 Å². The van der Waals surface area contributed by atoms with Crippen LogP contribution < -0.4 is 14.2 Å². The van der Waals surface area contributed by atoms with Gasteiger partial charge >= 0.3 is 149 Å². The first kappa shape index (κ1) is 15.7. The van der Waals surface area contributed by atoms with E-state index in [1.165, 1.54) is 0 Å². The summed E-state index contributed by atoms with van der Waals surface area (Å²) in [6.07, 6.45) is 0. The summed E-state index contributed by atoms with van der Waals surface area (Å²) in [5.41, 5.74) is 0. The van der Waals surface area contributed by atoms with Crippen LogP contribution in [0.5, 0.6) is 17.2 Å². The van der Waals surface area contributed by atoms with E-state index in [1.54, 1.807) is 0 Å². The van der Waals surface area contributed by atoms with E-state index in [-0.39, 0.29) is 0 Å². The molecule has 0 aliphatic rings. The van der Waals surface area contributed by atoms with Gasteiger partial charge in [0, 0.05) is 0 Å². The van der Waals surface area contributed by atoms with Crippen molar-refractivity contribution in [3.8, 4) is 17.2 Å². The Morgan fingerprint density at radius 3 is 1.00 bits per heavy atom. The Hall–Kier alpha value is -2.14. The molecule has 3 aromatic carbocycles. The molecule has 0 amide bonds. The van der Waals surface area contributed by atoms with E-state index in [0.29, 0.717) is 17.2 Å². The molecule has 0 heterocycles. The molecule has 3 rings (SSSR count). The monoisotopic (exact) mass is 411 g/mol. The molecule has 0 bridgehead atoms. The topological polar surface area (TPSA) is 27.7 Å². The van der Waals surface area contributed by atoms with Gasteiger partial charge in [-0.2, -0.15) is 0 Å². The van der Waals surface area contributed by atoms with E-state index in [1.807, 2.05) is 91.0 Å². The molecule has 23 heavy (non-hydrogen) atoms. The van der Waals surface area contributed by atoms with E-state index in [4.69, 9.17) is 14.2 Å². The van der Waals surface area contributed by atoms with Gasteiger partial charge < -0.3 is 0 Å². The molecule has 3 aromatic rings. The van der Waals surface area contributed by atoms with Crippen molar-refractivity contribution in [3.63, 3.8) is 0 Å². The Kier molecular flexibility index (Phi) is 5.08. The van der Waals surface area contributed by atoms with Gasteiger partial charge in [-0.05, 0) is 0 Å². The summed E-state index contributed by atoms with van der Waals surface area (Å²) >= 11 is 0.944. The minimum absolute atomic E-state index is 0.691. The van der Waals surface area contributed by atoms with Gasteiger partial charge in [0.05, 0.1) is 0 Å². The summed E-state index contributed by atoms with van der Waals surface area (Å²) in [7, 11) is 0. The molecule has 113 valence electrons. The third-order valence-electron chi connectivity index (χ3n) is 2.99. The maximum absolute atomic E-state index is 6.01. The van der Waals surface area contributed by atoms with Crippen LogP contribution in [0.1, 0.15) is 0 Å². The molecule has 4 heteroatoms. The van der Waals surface area contributed by atoms with Gasteiger partial charge in [-0.25, -0.2) is 0 Å². The van der Waals surface area contributed by atoms with Crippen LogP contribution in [0, 0.1) is 0 Å². The summed E-state index contributed by atoms with van der Waals surface area (Å²) in [4.78, 5) is 0. The molecule has 3 nitrogen and oxygen atoms in total. The molecule has 0 aromatic heterocycles. The van der Waals surface area contributed by atoms with Gasteiger partial charge in [0.15, 0.2) is 0 Å². The minimum atomic E-state index is -1.20. The van der Waals surface area contributed by atoms with Crippen molar-refractivity contribution < 1.29 is 14.2 Å². The van der Waals surface area contributed by atoms with Crippen LogP contribution >= 0.6 is 0 Å². The number of hydrogen-bond acceptors (Lipinski definition) is 3.